The molecule has 5 aromatic rings. The van der Waals surface area contributed by atoms with E-state index in [1.165, 1.54) is 6.33 Å². The van der Waals surface area contributed by atoms with Gasteiger partial charge in [-0.2, -0.15) is 0 Å². The largest absolute Gasteiger partial charge is 0.383 e. The van der Waals surface area contributed by atoms with E-state index in [2.05, 4.69) is 48.9 Å². The average Bonchev–Trinajstić information content (AvgIpc) is 3.65. The number of pyridine rings is 1. The van der Waals surface area contributed by atoms with E-state index in [1.54, 1.807) is 19.5 Å². The van der Waals surface area contributed by atoms with E-state index in [4.69, 9.17) is 10.5 Å². The first-order valence-electron chi connectivity index (χ1n) is 13.7. The number of nitrogens with two attached hydrogens (primary N) is 1. The van der Waals surface area contributed by atoms with Crippen LogP contribution in [0.5, 0.6) is 0 Å². The number of anilines is 3. The van der Waals surface area contributed by atoms with Crippen LogP contribution in [0.15, 0.2) is 79.4 Å². The summed E-state index contributed by atoms with van der Waals surface area (Å²) < 4.78 is 7.27. The molecule has 2 aromatic carbocycles. The predicted molar refractivity (Wildman–Crippen MR) is 164 cm³/mol. The van der Waals surface area contributed by atoms with E-state index in [1.807, 2.05) is 60.7 Å². The van der Waals surface area contributed by atoms with Crippen molar-refractivity contribution in [2.45, 2.75) is 38.5 Å². The van der Waals surface area contributed by atoms with E-state index in [9.17, 15) is 4.79 Å². The molecule has 9 nitrogen and oxygen atoms in total. The van der Waals surface area contributed by atoms with Crippen molar-refractivity contribution in [3.63, 3.8) is 0 Å². The molecule has 0 aliphatic heterocycles. The van der Waals surface area contributed by atoms with Crippen molar-refractivity contribution in [3.8, 4) is 11.8 Å². The summed E-state index contributed by atoms with van der Waals surface area (Å²) in [6.07, 6.45) is 6.89. The number of aromatic nitrogens is 4. The lowest BCUT2D eigenvalue weighted by Gasteiger charge is -2.14. The zero-order chi connectivity index (χ0) is 29.1. The van der Waals surface area contributed by atoms with Crippen molar-refractivity contribution < 1.29 is 9.53 Å². The highest BCUT2D eigenvalue weighted by molar-refractivity contribution is 6.16. The van der Waals surface area contributed by atoms with Gasteiger partial charge in [-0.3, -0.25) is 9.78 Å². The molecule has 0 atom stereocenters. The average molecular weight is 558 g/mol. The number of methoxy groups -OCH3 is 1. The van der Waals surface area contributed by atoms with Crippen LogP contribution in [0.1, 0.15) is 52.5 Å². The summed E-state index contributed by atoms with van der Waals surface area (Å²) in [5.41, 5.74) is 12.3. The Morgan fingerprint density at radius 2 is 1.81 bits per heavy atom. The minimum absolute atomic E-state index is 0.211. The van der Waals surface area contributed by atoms with Crippen molar-refractivity contribution in [2.75, 3.05) is 23.5 Å². The fourth-order valence-electron chi connectivity index (χ4n) is 4.99. The van der Waals surface area contributed by atoms with Crippen LogP contribution < -0.4 is 16.4 Å². The third-order valence-corrected chi connectivity index (χ3v) is 7.48. The van der Waals surface area contributed by atoms with E-state index >= 15 is 0 Å². The maximum Gasteiger partial charge on any atom is 0.259 e. The number of rotatable bonds is 8. The molecular formula is C33H31N7O2. The number of hydrogen-bond acceptors (Lipinski definition) is 7. The summed E-state index contributed by atoms with van der Waals surface area (Å²) in [4.78, 5) is 26.8. The smallest absolute Gasteiger partial charge is 0.259 e. The van der Waals surface area contributed by atoms with Crippen molar-refractivity contribution in [3.05, 3.63) is 107 Å². The Morgan fingerprint density at radius 3 is 2.55 bits per heavy atom. The fraction of sp³-hybridized carbons (Fsp3) is 0.212. The number of nitrogens with zero attached hydrogens (tertiary/aromatic N) is 4. The van der Waals surface area contributed by atoms with Crippen molar-refractivity contribution >= 4 is 34.1 Å². The molecule has 0 unspecified atom stereocenters. The lowest BCUT2D eigenvalue weighted by molar-refractivity contribution is 0.102. The van der Waals surface area contributed by atoms with Crippen molar-refractivity contribution in [1.29, 1.82) is 0 Å². The number of nitrogens with one attached hydrogen (secondary N) is 2. The molecule has 210 valence electrons. The third kappa shape index (κ3) is 5.53. The Morgan fingerprint density at radius 1 is 1.02 bits per heavy atom. The van der Waals surface area contributed by atoms with Crippen LogP contribution in [0.25, 0.3) is 11.0 Å². The summed E-state index contributed by atoms with van der Waals surface area (Å²) in [7, 11) is 1.65. The van der Waals surface area contributed by atoms with Crippen LogP contribution in [-0.2, 0) is 23.4 Å². The zero-order valence-electron chi connectivity index (χ0n) is 23.5. The van der Waals surface area contributed by atoms with Crippen LogP contribution in [0.3, 0.4) is 0 Å². The summed E-state index contributed by atoms with van der Waals surface area (Å²) in [6, 6.07) is 19.4. The highest BCUT2D eigenvalue weighted by atomic mass is 16.5. The maximum atomic E-state index is 13.9. The summed E-state index contributed by atoms with van der Waals surface area (Å²) in [5.74, 6) is 6.55. The van der Waals surface area contributed by atoms with E-state index < -0.39 is 0 Å². The lowest BCUT2D eigenvalue weighted by atomic mass is 10.1. The van der Waals surface area contributed by atoms with E-state index in [0.717, 1.165) is 35.2 Å². The molecule has 0 spiro atoms. The summed E-state index contributed by atoms with van der Waals surface area (Å²) in [5, 5.41) is 6.97. The monoisotopic (exact) mass is 557 g/mol. The van der Waals surface area contributed by atoms with Crippen LogP contribution in [0, 0.1) is 11.8 Å². The zero-order valence-corrected chi connectivity index (χ0v) is 23.5. The van der Waals surface area contributed by atoms with Crippen LogP contribution >= 0.6 is 0 Å². The molecule has 0 radical (unpaired) electrons. The molecule has 1 saturated carbocycles. The van der Waals surface area contributed by atoms with Gasteiger partial charge in [-0.1, -0.05) is 24.1 Å². The molecule has 1 aliphatic carbocycles. The van der Waals surface area contributed by atoms with Gasteiger partial charge in [-0.05, 0) is 79.3 Å². The van der Waals surface area contributed by atoms with Gasteiger partial charge in [0.2, 0.25) is 0 Å². The van der Waals surface area contributed by atoms with Crippen LogP contribution in [0.2, 0.25) is 0 Å². The second-order valence-electron chi connectivity index (χ2n) is 10.6. The lowest BCUT2D eigenvalue weighted by Crippen LogP contribution is -2.18. The molecule has 42 heavy (non-hydrogen) atoms. The SMILES string of the molecule is COCc1ccc(NC(=O)c2c(C#Cc3cccc(NCc4ccncc4)c3)n(C3(C)CC3)c3ncnc(N)c23)cc1. The number of fused-ring (bicyclic) bond motifs is 1. The van der Waals surface area contributed by atoms with Gasteiger partial charge < -0.3 is 25.7 Å². The topological polar surface area (TPSA) is 120 Å². The molecule has 4 N–H and O–H groups in total. The van der Waals surface area contributed by atoms with Crippen LogP contribution in [0.4, 0.5) is 17.2 Å². The maximum absolute atomic E-state index is 13.9. The second-order valence-corrected chi connectivity index (χ2v) is 10.6. The fourth-order valence-corrected chi connectivity index (χ4v) is 4.99. The predicted octanol–water partition coefficient (Wildman–Crippen LogP) is 5.33. The highest BCUT2D eigenvalue weighted by Gasteiger charge is 2.44. The third-order valence-electron chi connectivity index (χ3n) is 7.48. The number of nitrogen functional groups attached to an aromatic ring is 1. The molecule has 0 saturated heterocycles. The Hall–Kier alpha value is -5.20. The molecule has 3 aromatic heterocycles. The van der Waals surface area contributed by atoms with Gasteiger partial charge in [0, 0.05) is 48.5 Å². The molecule has 3 heterocycles. The van der Waals surface area contributed by atoms with E-state index in [0.29, 0.717) is 41.1 Å². The quantitative estimate of drug-likeness (QED) is 0.221. The van der Waals surface area contributed by atoms with Gasteiger partial charge in [-0.15, -0.1) is 0 Å². The van der Waals surface area contributed by atoms with Gasteiger partial charge >= 0.3 is 0 Å². The van der Waals surface area contributed by atoms with Gasteiger partial charge in [0.25, 0.3) is 5.91 Å². The Kier molecular flexibility index (Phi) is 7.30. The second kappa shape index (κ2) is 11.4. The summed E-state index contributed by atoms with van der Waals surface area (Å²) >= 11 is 0. The Bertz CT molecular complexity index is 1820. The van der Waals surface area contributed by atoms with Crippen molar-refractivity contribution in [2.24, 2.45) is 0 Å². The molecule has 1 fully saturated rings. The minimum Gasteiger partial charge on any atom is -0.383 e. The Balaban J connectivity index is 1.39. The normalized spacial score (nSPS) is 13.3. The first kappa shape index (κ1) is 27.0. The molecule has 1 aliphatic rings. The molecular weight excluding hydrogens is 526 g/mol. The Labute approximate surface area is 244 Å². The molecule has 1 amide bonds. The number of amides is 1. The van der Waals surface area contributed by atoms with Crippen LogP contribution in [-0.4, -0.2) is 32.5 Å². The minimum atomic E-state index is -0.318. The number of carbonyl (C=O) groups is 1. The molecule has 0 bridgehead atoms. The van der Waals surface area contributed by atoms with Crippen molar-refractivity contribution in [1.82, 2.24) is 19.5 Å². The van der Waals surface area contributed by atoms with E-state index in [-0.39, 0.29) is 17.3 Å². The van der Waals surface area contributed by atoms with Gasteiger partial charge in [0.15, 0.2) is 0 Å². The molecule has 9 heteroatoms. The van der Waals surface area contributed by atoms with Gasteiger partial charge in [-0.25, -0.2) is 9.97 Å². The summed E-state index contributed by atoms with van der Waals surface area (Å²) in [6.45, 7) is 3.31. The number of carbonyl (C=O) groups excluding carboxylic acids is 1. The first-order valence-corrected chi connectivity index (χ1v) is 13.7. The first-order chi connectivity index (χ1) is 20.4. The van der Waals surface area contributed by atoms with Gasteiger partial charge in [0.05, 0.1) is 17.6 Å². The van der Waals surface area contributed by atoms with Gasteiger partial charge in [0.1, 0.15) is 23.5 Å². The standard InChI is InChI=1S/C33H31N7O2/c1-33(14-15-33)40-27(11-8-22-4-3-5-26(18-22)36-19-23-12-16-35-17-13-23)28(29-30(34)37-21-38-31(29)40)32(41)39-25-9-6-24(7-10-25)20-42-2/h3-7,9-10,12-13,16-18,21,36H,14-15,19-20H2,1-2H3,(H,39,41)(H2,34,37,38). The number of ether oxygens (including phenoxy) is 1. The number of benzene rings is 2. The highest BCUT2D eigenvalue weighted by Crippen LogP contribution is 2.47. The number of hydrogen-bond donors (Lipinski definition) is 3. The molecule has 6 rings (SSSR count).